The van der Waals surface area contributed by atoms with Crippen LogP contribution in [0.2, 0.25) is 0 Å². The van der Waals surface area contributed by atoms with Gasteiger partial charge in [0.05, 0.1) is 15.1 Å². The second kappa shape index (κ2) is 11.5. The molecule has 31 heavy (non-hydrogen) atoms. The lowest BCUT2D eigenvalue weighted by molar-refractivity contribution is -0.384. The lowest BCUT2D eigenvalue weighted by atomic mass is 10.2. The molecule has 1 amide bonds. The first-order valence-corrected chi connectivity index (χ1v) is 10.7. The van der Waals surface area contributed by atoms with Crippen LogP contribution in [0.1, 0.15) is 19.4 Å². The second-order valence-corrected chi connectivity index (χ2v) is 7.67. The summed E-state index contributed by atoms with van der Waals surface area (Å²) >= 11 is 1.49. The molecule has 3 rings (SSSR count). The van der Waals surface area contributed by atoms with E-state index in [2.05, 4.69) is 23.7 Å². The third kappa shape index (κ3) is 6.33. The Morgan fingerprint density at radius 1 is 1.10 bits per heavy atom. The number of para-hydroxylation sites is 1. The van der Waals surface area contributed by atoms with Crippen LogP contribution in [0.25, 0.3) is 16.3 Å². The Labute approximate surface area is 191 Å². The van der Waals surface area contributed by atoms with Gasteiger partial charge in [-0.1, -0.05) is 37.3 Å². The molecule has 0 unspecified atom stereocenters. The van der Waals surface area contributed by atoms with Crippen LogP contribution in [-0.4, -0.2) is 46.9 Å². The van der Waals surface area contributed by atoms with Crippen LogP contribution in [0.15, 0.2) is 54.6 Å². The molecule has 2 aromatic carbocycles. The monoisotopic (exact) mass is 460 g/mol. The van der Waals surface area contributed by atoms with Gasteiger partial charge in [-0.3, -0.25) is 19.8 Å². The Hall–Kier alpha value is -2.81. The van der Waals surface area contributed by atoms with E-state index < -0.39 is 4.92 Å². The lowest BCUT2D eigenvalue weighted by Gasteiger charge is -2.23. The van der Waals surface area contributed by atoms with Crippen molar-refractivity contribution in [2.45, 2.75) is 13.8 Å². The fraction of sp³-hybridized carbons (Fsp3) is 0.273. The predicted octanol–water partition coefficient (Wildman–Crippen LogP) is 5.01. The van der Waals surface area contributed by atoms with Crippen LogP contribution >= 0.6 is 23.7 Å². The number of thiazole rings is 1. The van der Waals surface area contributed by atoms with E-state index in [0.29, 0.717) is 11.7 Å². The molecule has 9 heteroatoms. The average Bonchev–Trinajstić information content (AvgIpc) is 3.19. The highest BCUT2D eigenvalue weighted by atomic mass is 35.5. The number of carbonyl (C=O) groups is 1. The number of non-ortho nitro benzene ring substituents is 1. The SMILES string of the molecule is CCN(CC)CCN(C(=O)C=Cc1ccc([N+](=O)[O-])cc1)c1nc2ccccc2s1.Cl. The Morgan fingerprint density at radius 3 is 2.39 bits per heavy atom. The molecular weight excluding hydrogens is 436 g/mol. The minimum absolute atomic E-state index is 0. The molecular formula is C22H25ClN4O3S. The first-order valence-electron chi connectivity index (χ1n) is 9.83. The topological polar surface area (TPSA) is 79.6 Å². The van der Waals surface area contributed by atoms with Crippen molar-refractivity contribution in [3.63, 3.8) is 0 Å². The van der Waals surface area contributed by atoms with Gasteiger partial charge in [-0.25, -0.2) is 4.98 Å². The number of likely N-dealkylation sites (N-methyl/N-ethyl adjacent to an activating group) is 1. The fourth-order valence-corrected chi connectivity index (χ4v) is 4.02. The summed E-state index contributed by atoms with van der Waals surface area (Å²) in [6.45, 7) is 7.31. The van der Waals surface area contributed by atoms with E-state index in [4.69, 9.17) is 0 Å². The highest BCUT2D eigenvalue weighted by Crippen LogP contribution is 2.29. The molecule has 164 valence electrons. The summed E-state index contributed by atoms with van der Waals surface area (Å²) in [4.78, 5) is 32.0. The molecule has 0 aliphatic heterocycles. The third-order valence-electron chi connectivity index (χ3n) is 4.84. The Kier molecular flexibility index (Phi) is 9.11. The van der Waals surface area contributed by atoms with Crippen molar-refractivity contribution >= 4 is 56.8 Å². The Balaban J connectivity index is 0.00000341. The highest BCUT2D eigenvalue weighted by Gasteiger charge is 2.18. The number of carbonyl (C=O) groups excluding carboxylic acids is 1. The first kappa shape index (κ1) is 24.5. The van der Waals surface area contributed by atoms with Crippen LogP contribution in [0, 0.1) is 10.1 Å². The number of fused-ring (bicyclic) bond motifs is 1. The molecule has 0 spiro atoms. The van der Waals surface area contributed by atoms with E-state index in [1.165, 1.54) is 29.5 Å². The molecule has 7 nitrogen and oxygen atoms in total. The molecule has 0 saturated heterocycles. The van der Waals surface area contributed by atoms with Gasteiger partial charge in [-0.05, 0) is 49.0 Å². The Bertz CT molecular complexity index is 1020. The van der Waals surface area contributed by atoms with Crippen LogP contribution in [0.5, 0.6) is 0 Å². The number of halogens is 1. The number of nitrogens with zero attached hydrogens (tertiary/aromatic N) is 4. The van der Waals surface area contributed by atoms with Crippen molar-refractivity contribution in [2.75, 3.05) is 31.1 Å². The zero-order chi connectivity index (χ0) is 21.5. The van der Waals surface area contributed by atoms with Gasteiger partial charge in [0.1, 0.15) is 0 Å². The maximum Gasteiger partial charge on any atom is 0.269 e. The van der Waals surface area contributed by atoms with Gasteiger partial charge in [0.25, 0.3) is 11.6 Å². The van der Waals surface area contributed by atoms with Gasteiger partial charge in [0.2, 0.25) is 0 Å². The van der Waals surface area contributed by atoms with Crippen LogP contribution in [-0.2, 0) is 4.79 Å². The van der Waals surface area contributed by atoms with Gasteiger partial charge in [-0.15, -0.1) is 12.4 Å². The maximum absolute atomic E-state index is 13.0. The van der Waals surface area contributed by atoms with Crippen LogP contribution in [0.3, 0.4) is 0 Å². The molecule has 0 N–H and O–H groups in total. The zero-order valence-corrected chi connectivity index (χ0v) is 19.1. The predicted molar refractivity (Wildman–Crippen MR) is 129 cm³/mol. The number of benzene rings is 2. The van der Waals surface area contributed by atoms with Crippen LogP contribution in [0.4, 0.5) is 10.8 Å². The third-order valence-corrected chi connectivity index (χ3v) is 5.90. The number of hydrogen-bond acceptors (Lipinski definition) is 6. The molecule has 3 aromatic rings. The molecule has 0 radical (unpaired) electrons. The Morgan fingerprint density at radius 2 is 1.77 bits per heavy atom. The minimum atomic E-state index is -0.444. The number of aromatic nitrogens is 1. The van der Waals surface area contributed by atoms with E-state index in [9.17, 15) is 14.9 Å². The summed E-state index contributed by atoms with van der Waals surface area (Å²) in [5.74, 6) is -0.167. The highest BCUT2D eigenvalue weighted by molar-refractivity contribution is 7.22. The van der Waals surface area contributed by atoms with Crippen LogP contribution < -0.4 is 4.90 Å². The van der Waals surface area contributed by atoms with Crippen molar-refractivity contribution in [2.24, 2.45) is 0 Å². The maximum atomic E-state index is 13.0. The van der Waals surface area contributed by atoms with Crippen molar-refractivity contribution < 1.29 is 9.72 Å². The second-order valence-electron chi connectivity index (χ2n) is 6.66. The van der Waals surface area contributed by atoms with E-state index in [-0.39, 0.29) is 24.0 Å². The number of nitro groups is 1. The quantitative estimate of drug-likeness (QED) is 0.254. The minimum Gasteiger partial charge on any atom is -0.302 e. The summed E-state index contributed by atoms with van der Waals surface area (Å²) in [6, 6.07) is 13.9. The molecule has 0 fully saturated rings. The molecule has 1 aromatic heterocycles. The van der Waals surface area contributed by atoms with Gasteiger partial charge in [-0.2, -0.15) is 0 Å². The van der Waals surface area contributed by atoms with Gasteiger partial charge < -0.3 is 4.90 Å². The number of hydrogen-bond donors (Lipinski definition) is 0. The van der Waals surface area contributed by atoms with Gasteiger partial charge in [0.15, 0.2) is 5.13 Å². The summed E-state index contributed by atoms with van der Waals surface area (Å²) in [7, 11) is 0. The molecule has 0 saturated carbocycles. The van der Waals surface area contributed by atoms with E-state index in [1.54, 1.807) is 23.1 Å². The largest absolute Gasteiger partial charge is 0.302 e. The number of amides is 1. The van der Waals surface area contributed by atoms with E-state index in [0.717, 1.165) is 35.4 Å². The van der Waals surface area contributed by atoms with Crippen molar-refractivity contribution in [1.82, 2.24) is 9.88 Å². The summed E-state index contributed by atoms with van der Waals surface area (Å²) in [5.41, 5.74) is 1.62. The van der Waals surface area contributed by atoms with E-state index in [1.807, 2.05) is 24.3 Å². The van der Waals surface area contributed by atoms with Gasteiger partial charge >= 0.3 is 0 Å². The first-order chi connectivity index (χ1) is 14.5. The molecule has 0 aliphatic carbocycles. The number of anilines is 1. The van der Waals surface area contributed by atoms with Crippen molar-refractivity contribution in [3.8, 4) is 0 Å². The van der Waals surface area contributed by atoms with Crippen molar-refractivity contribution in [1.29, 1.82) is 0 Å². The summed E-state index contributed by atoms with van der Waals surface area (Å²) in [6.07, 6.45) is 3.17. The molecule has 0 atom stereocenters. The van der Waals surface area contributed by atoms with E-state index >= 15 is 0 Å². The molecule has 1 heterocycles. The molecule has 0 aliphatic rings. The lowest BCUT2D eigenvalue weighted by Crippen LogP contribution is -2.38. The summed E-state index contributed by atoms with van der Waals surface area (Å²) < 4.78 is 1.03. The normalized spacial score (nSPS) is 11.1. The zero-order valence-electron chi connectivity index (χ0n) is 17.4. The smallest absolute Gasteiger partial charge is 0.269 e. The standard InChI is InChI=1S/C22H24N4O3S.ClH/c1-3-24(4-2)15-16-25(22-23-19-7-5-6-8-20(19)30-22)21(27)14-11-17-9-12-18(13-10-17)26(28)29;/h5-14H,3-4,15-16H2,1-2H3;1H. The number of rotatable bonds is 9. The summed E-state index contributed by atoms with van der Waals surface area (Å²) in [5, 5.41) is 11.5. The average molecular weight is 461 g/mol. The van der Waals surface area contributed by atoms with Crippen molar-refractivity contribution in [3.05, 3.63) is 70.3 Å². The number of nitro benzene ring substituents is 1. The fourth-order valence-electron chi connectivity index (χ4n) is 3.02. The molecule has 0 bridgehead atoms. The van der Waals surface area contributed by atoms with Gasteiger partial charge in [0, 0.05) is 31.3 Å².